The molecule has 5 heteroatoms. The Morgan fingerprint density at radius 2 is 1.96 bits per heavy atom. The number of rotatable bonds is 5. The van der Waals surface area contributed by atoms with Crippen LogP contribution >= 0.6 is 0 Å². The molecule has 0 radical (unpaired) electrons. The molecule has 132 valence electrons. The number of aryl methyl sites for hydroxylation is 1. The lowest BCUT2D eigenvalue weighted by molar-refractivity contribution is -0.133. The highest BCUT2D eigenvalue weighted by atomic mass is 19.1. The molecule has 0 aliphatic carbocycles. The van der Waals surface area contributed by atoms with Gasteiger partial charge in [-0.05, 0) is 54.5 Å². The number of piperidine rings is 1. The SMILES string of the molecule is O=C(CCc1cccnc1)N1CCC([C@H](O)c2ccc(F)cc2)CC1. The van der Waals surface area contributed by atoms with E-state index in [0.717, 1.165) is 24.0 Å². The third kappa shape index (κ3) is 4.63. The van der Waals surface area contributed by atoms with E-state index in [1.54, 1.807) is 24.5 Å². The summed E-state index contributed by atoms with van der Waals surface area (Å²) in [5.74, 6) is -0.0450. The van der Waals surface area contributed by atoms with Crippen LogP contribution in [0.2, 0.25) is 0 Å². The molecule has 1 aromatic heterocycles. The number of nitrogens with zero attached hydrogens (tertiary/aromatic N) is 2. The van der Waals surface area contributed by atoms with Gasteiger partial charge in [0.05, 0.1) is 6.10 Å². The highest BCUT2D eigenvalue weighted by molar-refractivity contribution is 5.76. The quantitative estimate of drug-likeness (QED) is 0.908. The summed E-state index contributed by atoms with van der Waals surface area (Å²) >= 11 is 0. The number of benzene rings is 1. The molecule has 3 rings (SSSR count). The van der Waals surface area contributed by atoms with Crippen molar-refractivity contribution in [2.75, 3.05) is 13.1 Å². The van der Waals surface area contributed by atoms with Crippen molar-refractivity contribution >= 4 is 5.91 Å². The zero-order valence-corrected chi connectivity index (χ0v) is 14.1. The van der Waals surface area contributed by atoms with Gasteiger partial charge in [-0.1, -0.05) is 18.2 Å². The maximum atomic E-state index is 13.0. The Morgan fingerprint density at radius 3 is 2.60 bits per heavy atom. The summed E-state index contributed by atoms with van der Waals surface area (Å²) in [7, 11) is 0. The molecule has 0 spiro atoms. The summed E-state index contributed by atoms with van der Waals surface area (Å²) in [5, 5.41) is 10.5. The number of amides is 1. The molecule has 1 aromatic carbocycles. The van der Waals surface area contributed by atoms with Gasteiger partial charge in [0.2, 0.25) is 5.91 Å². The molecule has 4 nitrogen and oxygen atoms in total. The summed E-state index contributed by atoms with van der Waals surface area (Å²) < 4.78 is 13.0. The lowest BCUT2D eigenvalue weighted by Crippen LogP contribution is -2.39. The van der Waals surface area contributed by atoms with Gasteiger partial charge < -0.3 is 10.0 Å². The number of hydrogen-bond acceptors (Lipinski definition) is 3. The highest BCUT2D eigenvalue weighted by Crippen LogP contribution is 2.31. The zero-order valence-electron chi connectivity index (χ0n) is 14.1. The number of aliphatic hydroxyl groups is 1. The molecule has 0 bridgehead atoms. The van der Waals surface area contributed by atoms with Gasteiger partial charge in [0, 0.05) is 31.9 Å². The van der Waals surface area contributed by atoms with Crippen LogP contribution in [0, 0.1) is 11.7 Å². The highest BCUT2D eigenvalue weighted by Gasteiger charge is 2.28. The molecule has 25 heavy (non-hydrogen) atoms. The Balaban J connectivity index is 1.47. The summed E-state index contributed by atoms with van der Waals surface area (Å²) in [6, 6.07) is 9.86. The average Bonchev–Trinajstić information content (AvgIpc) is 2.67. The van der Waals surface area contributed by atoms with Crippen LogP contribution in [0.15, 0.2) is 48.8 Å². The van der Waals surface area contributed by atoms with E-state index >= 15 is 0 Å². The number of aromatic nitrogens is 1. The second kappa shape index (κ2) is 8.21. The van der Waals surface area contributed by atoms with Crippen molar-refractivity contribution < 1.29 is 14.3 Å². The van der Waals surface area contributed by atoms with Crippen molar-refractivity contribution in [3.05, 3.63) is 65.7 Å². The number of pyridine rings is 1. The molecular formula is C20H23FN2O2. The lowest BCUT2D eigenvalue weighted by atomic mass is 9.87. The molecule has 1 amide bonds. The topological polar surface area (TPSA) is 53.4 Å². The van der Waals surface area contributed by atoms with Gasteiger partial charge in [-0.2, -0.15) is 0 Å². The van der Waals surface area contributed by atoms with Crippen molar-refractivity contribution in [2.45, 2.75) is 31.8 Å². The van der Waals surface area contributed by atoms with Crippen LogP contribution in [0.4, 0.5) is 4.39 Å². The van der Waals surface area contributed by atoms with Gasteiger partial charge >= 0.3 is 0 Å². The minimum atomic E-state index is -0.603. The maximum absolute atomic E-state index is 13.0. The van der Waals surface area contributed by atoms with Crippen LogP contribution in [0.5, 0.6) is 0 Å². The third-order valence-electron chi connectivity index (χ3n) is 4.90. The van der Waals surface area contributed by atoms with Crippen molar-refractivity contribution in [3.8, 4) is 0 Å². The summed E-state index contributed by atoms with van der Waals surface area (Å²) in [5.41, 5.74) is 1.81. The summed E-state index contributed by atoms with van der Waals surface area (Å²) in [6.45, 7) is 1.32. The first-order valence-corrected chi connectivity index (χ1v) is 8.73. The molecule has 2 aromatic rings. The van der Waals surface area contributed by atoms with E-state index in [2.05, 4.69) is 4.98 Å². The van der Waals surface area contributed by atoms with E-state index in [1.807, 2.05) is 17.0 Å². The van der Waals surface area contributed by atoms with E-state index < -0.39 is 6.10 Å². The fourth-order valence-electron chi connectivity index (χ4n) is 3.35. The first-order valence-electron chi connectivity index (χ1n) is 8.73. The maximum Gasteiger partial charge on any atom is 0.222 e. The average molecular weight is 342 g/mol. The minimum Gasteiger partial charge on any atom is -0.388 e. The van der Waals surface area contributed by atoms with Crippen molar-refractivity contribution in [3.63, 3.8) is 0 Å². The Bertz CT molecular complexity index is 683. The number of carbonyl (C=O) groups is 1. The van der Waals surface area contributed by atoms with Crippen LogP contribution in [-0.2, 0) is 11.2 Å². The van der Waals surface area contributed by atoms with Crippen LogP contribution in [0.3, 0.4) is 0 Å². The van der Waals surface area contributed by atoms with Gasteiger partial charge in [0.1, 0.15) is 5.82 Å². The second-order valence-electron chi connectivity index (χ2n) is 6.58. The van der Waals surface area contributed by atoms with Crippen LogP contribution < -0.4 is 0 Å². The number of likely N-dealkylation sites (tertiary alicyclic amines) is 1. The van der Waals surface area contributed by atoms with Crippen molar-refractivity contribution in [2.24, 2.45) is 5.92 Å². The molecule has 1 saturated heterocycles. The molecule has 0 unspecified atom stereocenters. The fraction of sp³-hybridized carbons (Fsp3) is 0.400. The zero-order chi connectivity index (χ0) is 17.6. The standard InChI is InChI=1S/C20H23FN2O2/c21-18-6-4-16(5-7-18)20(25)17-9-12-23(13-10-17)19(24)8-3-15-2-1-11-22-14-15/h1-2,4-7,11,14,17,20,25H,3,8-10,12-13H2/t20-/m1/s1. The Kier molecular flexibility index (Phi) is 5.76. The molecule has 1 atom stereocenters. The Morgan fingerprint density at radius 1 is 1.24 bits per heavy atom. The molecule has 0 saturated carbocycles. The monoisotopic (exact) mass is 342 g/mol. The molecule has 1 N–H and O–H groups in total. The van der Waals surface area contributed by atoms with E-state index in [-0.39, 0.29) is 17.6 Å². The molecular weight excluding hydrogens is 319 g/mol. The van der Waals surface area contributed by atoms with Gasteiger partial charge in [-0.25, -0.2) is 4.39 Å². The smallest absolute Gasteiger partial charge is 0.222 e. The predicted octanol–water partition coefficient (Wildman–Crippen LogP) is 3.13. The number of carbonyl (C=O) groups excluding carboxylic acids is 1. The van der Waals surface area contributed by atoms with E-state index in [1.165, 1.54) is 12.1 Å². The van der Waals surface area contributed by atoms with Crippen LogP contribution in [0.25, 0.3) is 0 Å². The summed E-state index contributed by atoms with van der Waals surface area (Å²) in [4.78, 5) is 18.3. The van der Waals surface area contributed by atoms with Gasteiger partial charge in [-0.3, -0.25) is 9.78 Å². The Labute approximate surface area is 147 Å². The van der Waals surface area contributed by atoms with Crippen LogP contribution in [0.1, 0.15) is 36.5 Å². The normalized spacial score (nSPS) is 16.6. The first kappa shape index (κ1) is 17.5. The largest absolute Gasteiger partial charge is 0.388 e. The van der Waals surface area contributed by atoms with Gasteiger partial charge in [0.25, 0.3) is 0 Å². The fourth-order valence-corrected chi connectivity index (χ4v) is 3.35. The van der Waals surface area contributed by atoms with E-state index in [0.29, 0.717) is 25.9 Å². The number of halogens is 1. The lowest BCUT2D eigenvalue weighted by Gasteiger charge is -2.34. The third-order valence-corrected chi connectivity index (χ3v) is 4.90. The second-order valence-corrected chi connectivity index (χ2v) is 6.58. The number of aliphatic hydroxyl groups excluding tert-OH is 1. The number of hydrogen-bond donors (Lipinski definition) is 1. The predicted molar refractivity (Wildman–Crippen MR) is 93.2 cm³/mol. The molecule has 2 heterocycles. The molecule has 1 aliphatic heterocycles. The van der Waals surface area contributed by atoms with Crippen molar-refractivity contribution in [1.82, 2.24) is 9.88 Å². The van der Waals surface area contributed by atoms with E-state index in [9.17, 15) is 14.3 Å². The van der Waals surface area contributed by atoms with Gasteiger partial charge in [-0.15, -0.1) is 0 Å². The summed E-state index contributed by atoms with van der Waals surface area (Å²) in [6.07, 6.45) is 5.62. The van der Waals surface area contributed by atoms with Crippen molar-refractivity contribution in [1.29, 1.82) is 0 Å². The first-order chi connectivity index (χ1) is 12.1. The van der Waals surface area contributed by atoms with Gasteiger partial charge in [0.15, 0.2) is 0 Å². The molecule has 1 aliphatic rings. The van der Waals surface area contributed by atoms with Crippen LogP contribution in [-0.4, -0.2) is 34.0 Å². The Hall–Kier alpha value is -2.27. The van der Waals surface area contributed by atoms with E-state index in [4.69, 9.17) is 0 Å². The molecule has 1 fully saturated rings. The minimum absolute atomic E-state index is 0.104.